The van der Waals surface area contributed by atoms with Crippen molar-refractivity contribution >= 4 is 19.1 Å². The lowest BCUT2D eigenvalue weighted by Gasteiger charge is -2.48. The van der Waals surface area contributed by atoms with Gasteiger partial charge in [-0.15, -0.1) is 0 Å². The van der Waals surface area contributed by atoms with Crippen LogP contribution in [0.3, 0.4) is 0 Å². The van der Waals surface area contributed by atoms with Crippen molar-refractivity contribution in [3.63, 3.8) is 0 Å². The highest BCUT2D eigenvalue weighted by atomic mass is 28.3. The molecule has 5 rings (SSSR count). The largest absolute Gasteiger partial charge is 0.391 e. The zero-order chi connectivity index (χ0) is 23.8. The number of hydrogen-bond donors (Lipinski definition) is 1. The molecule has 0 aliphatic carbocycles. The van der Waals surface area contributed by atoms with Crippen molar-refractivity contribution in [3.05, 3.63) is 66.0 Å². The minimum Gasteiger partial charge on any atom is -0.391 e. The highest BCUT2D eigenvalue weighted by molar-refractivity contribution is 6.76. The van der Waals surface area contributed by atoms with E-state index in [9.17, 15) is 5.11 Å². The van der Waals surface area contributed by atoms with Crippen molar-refractivity contribution in [3.8, 4) is 0 Å². The molecule has 2 saturated heterocycles. The number of hydrogen-bond acceptors (Lipinski definition) is 4. The zero-order valence-corrected chi connectivity index (χ0v) is 21.9. The standard InChI is InChI=1S/C28H39N3O2Si/c1-34(2,3)18-17-33-21-30-25-12-8-7-11-24(25)29-27(30)20-31-23-13-14-26(32)28(31,16-15-23)19-22-9-5-4-6-10-22/h4-12,23,26,32H,13-21H2,1-3H3/t23-,26+,28+/m1/s1. The highest BCUT2D eigenvalue weighted by Gasteiger charge is 2.53. The first-order valence-corrected chi connectivity index (χ1v) is 16.6. The summed E-state index contributed by atoms with van der Waals surface area (Å²) in [7, 11) is -1.13. The number of fused-ring (bicyclic) bond motifs is 3. The first kappa shape index (κ1) is 23.7. The van der Waals surface area contributed by atoms with Gasteiger partial charge in [-0.05, 0) is 55.8 Å². The fourth-order valence-electron chi connectivity index (χ4n) is 5.98. The lowest BCUT2D eigenvalue weighted by Crippen LogP contribution is -2.59. The Morgan fingerprint density at radius 3 is 2.59 bits per heavy atom. The third-order valence-electron chi connectivity index (χ3n) is 7.93. The molecular formula is C28H39N3O2Si. The van der Waals surface area contributed by atoms with Gasteiger partial charge in [0.05, 0.1) is 29.2 Å². The van der Waals surface area contributed by atoms with Crippen LogP contribution in [-0.2, 0) is 24.4 Å². The maximum absolute atomic E-state index is 11.3. The third-order valence-corrected chi connectivity index (χ3v) is 9.64. The Balaban J connectivity index is 1.43. The van der Waals surface area contributed by atoms with Gasteiger partial charge < -0.3 is 14.4 Å². The SMILES string of the molecule is C[Si](C)(C)CCOCn1c(CN2[C@@H]3CC[C@H](O)[C@@]2(Cc2ccccc2)CC3)nc2ccccc21. The molecule has 0 radical (unpaired) electrons. The van der Waals surface area contributed by atoms with Crippen molar-refractivity contribution in [1.29, 1.82) is 0 Å². The van der Waals surface area contributed by atoms with E-state index in [1.54, 1.807) is 0 Å². The number of aliphatic hydroxyl groups excluding tert-OH is 1. The predicted molar refractivity (Wildman–Crippen MR) is 141 cm³/mol. The molecule has 1 N–H and O–H groups in total. The average molecular weight is 478 g/mol. The van der Waals surface area contributed by atoms with Gasteiger partial charge in [-0.1, -0.05) is 62.1 Å². The normalized spacial score (nSPS) is 25.3. The van der Waals surface area contributed by atoms with Crippen LogP contribution in [0.25, 0.3) is 11.0 Å². The van der Waals surface area contributed by atoms with Gasteiger partial charge in [-0.3, -0.25) is 4.90 Å². The summed E-state index contributed by atoms with van der Waals surface area (Å²) in [4.78, 5) is 7.65. The number of benzene rings is 2. The van der Waals surface area contributed by atoms with Crippen LogP contribution in [0, 0.1) is 0 Å². The molecule has 3 aromatic rings. The Labute approximate surface area is 204 Å². The van der Waals surface area contributed by atoms with E-state index in [-0.39, 0.29) is 11.6 Å². The number of piperidine rings is 1. The van der Waals surface area contributed by atoms with Crippen LogP contribution < -0.4 is 0 Å². The summed E-state index contributed by atoms with van der Waals surface area (Å²) in [5.41, 5.74) is 3.24. The smallest absolute Gasteiger partial charge is 0.126 e. The van der Waals surface area contributed by atoms with Gasteiger partial charge in [0.2, 0.25) is 0 Å². The van der Waals surface area contributed by atoms with Gasteiger partial charge in [0.25, 0.3) is 0 Å². The van der Waals surface area contributed by atoms with Gasteiger partial charge in [0.15, 0.2) is 0 Å². The van der Waals surface area contributed by atoms with Crippen LogP contribution in [-0.4, -0.2) is 51.9 Å². The molecule has 0 saturated carbocycles. The van der Waals surface area contributed by atoms with E-state index < -0.39 is 8.07 Å². The molecule has 5 nitrogen and oxygen atoms in total. The van der Waals surface area contributed by atoms with E-state index >= 15 is 0 Å². The minimum absolute atomic E-state index is 0.216. The van der Waals surface area contributed by atoms with Crippen LogP contribution in [0.2, 0.25) is 25.7 Å². The molecule has 34 heavy (non-hydrogen) atoms. The Bertz CT molecular complexity index is 1110. The number of nitrogens with zero attached hydrogens (tertiary/aromatic N) is 3. The Morgan fingerprint density at radius 1 is 1.03 bits per heavy atom. The first-order valence-electron chi connectivity index (χ1n) is 12.9. The number of para-hydroxylation sites is 2. The van der Waals surface area contributed by atoms with Gasteiger partial charge >= 0.3 is 0 Å². The summed E-state index contributed by atoms with van der Waals surface area (Å²) in [6.45, 7) is 9.24. The molecule has 0 unspecified atom stereocenters. The Hall–Kier alpha value is -1.99. The van der Waals surface area contributed by atoms with Gasteiger partial charge in [0, 0.05) is 20.7 Å². The molecule has 6 heteroatoms. The van der Waals surface area contributed by atoms with Crippen molar-refractivity contribution in [2.75, 3.05) is 6.61 Å². The van der Waals surface area contributed by atoms with Crippen molar-refractivity contribution in [1.82, 2.24) is 14.5 Å². The van der Waals surface area contributed by atoms with Crippen LogP contribution in [0.5, 0.6) is 0 Å². The van der Waals surface area contributed by atoms with E-state index in [2.05, 4.69) is 83.7 Å². The van der Waals surface area contributed by atoms with E-state index in [1.165, 1.54) is 5.56 Å². The lowest BCUT2D eigenvalue weighted by atomic mass is 9.80. The maximum atomic E-state index is 11.3. The molecule has 2 aliphatic heterocycles. The number of imidazole rings is 1. The second kappa shape index (κ2) is 9.57. The topological polar surface area (TPSA) is 50.5 Å². The maximum Gasteiger partial charge on any atom is 0.126 e. The molecule has 182 valence electrons. The Morgan fingerprint density at radius 2 is 1.79 bits per heavy atom. The van der Waals surface area contributed by atoms with Crippen molar-refractivity contribution < 1.29 is 9.84 Å². The fourth-order valence-corrected chi connectivity index (χ4v) is 6.73. The van der Waals surface area contributed by atoms with E-state index in [0.29, 0.717) is 12.8 Å². The minimum atomic E-state index is -1.13. The van der Waals surface area contributed by atoms with E-state index in [1.807, 2.05) is 0 Å². The Kier molecular flexibility index (Phi) is 6.68. The third kappa shape index (κ3) is 4.74. The average Bonchev–Trinajstić information content (AvgIpc) is 3.28. The van der Waals surface area contributed by atoms with Crippen LogP contribution in [0.4, 0.5) is 0 Å². The number of aromatic nitrogens is 2. The van der Waals surface area contributed by atoms with Crippen molar-refractivity contribution in [2.24, 2.45) is 0 Å². The second-order valence-electron chi connectivity index (χ2n) is 11.5. The van der Waals surface area contributed by atoms with E-state index in [0.717, 1.165) is 68.2 Å². The summed E-state index contributed by atoms with van der Waals surface area (Å²) in [6.07, 6.45) is 4.72. The van der Waals surface area contributed by atoms with Crippen LogP contribution >= 0.6 is 0 Å². The van der Waals surface area contributed by atoms with Crippen LogP contribution in [0.1, 0.15) is 37.1 Å². The van der Waals surface area contributed by atoms with Crippen LogP contribution in [0.15, 0.2) is 54.6 Å². The number of rotatable bonds is 9. The molecule has 0 spiro atoms. The first-order chi connectivity index (χ1) is 16.4. The van der Waals surface area contributed by atoms with E-state index in [4.69, 9.17) is 9.72 Å². The molecule has 3 heterocycles. The van der Waals surface area contributed by atoms with Gasteiger partial charge in [-0.25, -0.2) is 4.98 Å². The summed E-state index contributed by atoms with van der Waals surface area (Å²) in [6, 6.07) is 20.7. The summed E-state index contributed by atoms with van der Waals surface area (Å²) < 4.78 is 8.45. The molecule has 3 atom stereocenters. The molecule has 0 amide bonds. The molecule has 2 fully saturated rings. The molecule has 2 aromatic carbocycles. The molecule has 2 aliphatic rings. The lowest BCUT2D eigenvalue weighted by molar-refractivity contribution is -0.0640. The highest BCUT2D eigenvalue weighted by Crippen LogP contribution is 2.47. The van der Waals surface area contributed by atoms with Gasteiger partial charge in [-0.2, -0.15) is 0 Å². The number of ether oxygens (including phenoxy) is 1. The summed E-state index contributed by atoms with van der Waals surface area (Å²) >= 11 is 0. The zero-order valence-electron chi connectivity index (χ0n) is 20.9. The molecule has 2 bridgehead atoms. The predicted octanol–water partition coefficient (Wildman–Crippen LogP) is 5.45. The van der Waals surface area contributed by atoms with Crippen molar-refractivity contribution in [2.45, 2.75) is 88.7 Å². The molecular weight excluding hydrogens is 438 g/mol. The quantitative estimate of drug-likeness (QED) is 0.329. The fraction of sp³-hybridized carbons (Fsp3) is 0.536. The summed E-state index contributed by atoms with van der Waals surface area (Å²) in [5.74, 6) is 1.05. The summed E-state index contributed by atoms with van der Waals surface area (Å²) in [5, 5.41) is 11.3. The molecule has 1 aromatic heterocycles. The monoisotopic (exact) mass is 477 g/mol. The second-order valence-corrected chi connectivity index (χ2v) is 17.1. The number of aliphatic hydroxyl groups is 1. The van der Waals surface area contributed by atoms with Gasteiger partial charge in [0.1, 0.15) is 12.6 Å².